The Morgan fingerprint density at radius 2 is 2.05 bits per heavy atom. The number of rotatable bonds is 6. The Bertz CT molecular complexity index is 576. The van der Waals surface area contributed by atoms with E-state index in [9.17, 15) is 17.2 Å². The van der Waals surface area contributed by atoms with E-state index < -0.39 is 27.7 Å². The van der Waals surface area contributed by atoms with Crippen LogP contribution >= 0.6 is 12.2 Å². The molecule has 4 nitrogen and oxygen atoms in total. The number of halogens is 2. The Balaban J connectivity index is 3.03. The minimum Gasteiger partial charge on any atom is -0.392 e. The second-order valence-corrected chi connectivity index (χ2v) is 6.13. The van der Waals surface area contributed by atoms with E-state index in [4.69, 9.17) is 18.0 Å². The highest BCUT2D eigenvalue weighted by Gasteiger charge is 2.22. The molecular weight excluding hydrogens is 294 g/mol. The molecule has 1 rings (SSSR count). The topological polar surface area (TPSA) is 72.2 Å². The molecule has 0 heterocycles. The normalized spacial score (nSPS) is 13.2. The monoisotopic (exact) mass is 308 g/mol. The fourth-order valence-corrected chi connectivity index (χ4v) is 2.96. The van der Waals surface area contributed by atoms with Crippen molar-refractivity contribution in [2.75, 3.05) is 0 Å². The van der Waals surface area contributed by atoms with Crippen LogP contribution in [-0.2, 0) is 10.0 Å². The van der Waals surface area contributed by atoms with Crippen molar-refractivity contribution in [3.05, 3.63) is 29.8 Å². The van der Waals surface area contributed by atoms with Crippen molar-refractivity contribution in [3.8, 4) is 0 Å². The van der Waals surface area contributed by atoms with Crippen molar-refractivity contribution in [2.24, 2.45) is 5.73 Å². The first-order chi connectivity index (χ1) is 8.77. The predicted molar refractivity (Wildman–Crippen MR) is 72.2 cm³/mol. The molecule has 0 saturated carbocycles. The number of sulfonamides is 1. The third-order valence-electron chi connectivity index (χ3n) is 2.42. The average molecular weight is 308 g/mol. The number of hydrogen-bond acceptors (Lipinski definition) is 3. The molecule has 1 aromatic carbocycles. The smallest absolute Gasteiger partial charge is 0.241 e. The number of thiocarbonyl (C=S) groups is 1. The molecular formula is C11H14F2N2O2S2. The fourth-order valence-electron chi connectivity index (χ4n) is 1.45. The van der Waals surface area contributed by atoms with Gasteiger partial charge in [0, 0.05) is 0 Å². The zero-order valence-corrected chi connectivity index (χ0v) is 11.8. The molecule has 1 aromatic rings. The standard InChI is InChI=1S/C11H14F2N2O2S2/c1-2-3-10(11(14)18)15-19(16,17)7-4-5-8(12)9(13)6-7/h4-6,10,15H,2-3H2,1H3,(H2,14,18). The molecule has 0 aliphatic carbocycles. The second kappa shape index (κ2) is 6.36. The molecule has 106 valence electrons. The zero-order chi connectivity index (χ0) is 14.6. The minimum atomic E-state index is -3.99. The first-order valence-electron chi connectivity index (χ1n) is 5.54. The Morgan fingerprint density at radius 1 is 1.42 bits per heavy atom. The van der Waals surface area contributed by atoms with Crippen molar-refractivity contribution in [3.63, 3.8) is 0 Å². The highest BCUT2D eigenvalue weighted by Crippen LogP contribution is 2.14. The van der Waals surface area contributed by atoms with Crippen LogP contribution < -0.4 is 10.5 Å². The predicted octanol–water partition coefficient (Wildman–Crippen LogP) is 1.70. The van der Waals surface area contributed by atoms with Crippen LogP contribution in [0.5, 0.6) is 0 Å². The number of nitrogens with two attached hydrogens (primary N) is 1. The lowest BCUT2D eigenvalue weighted by Gasteiger charge is -2.16. The van der Waals surface area contributed by atoms with Gasteiger partial charge in [0.1, 0.15) is 0 Å². The fraction of sp³-hybridized carbons (Fsp3) is 0.364. The summed E-state index contributed by atoms with van der Waals surface area (Å²) in [5.74, 6) is -2.34. The summed E-state index contributed by atoms with van der Waals surface area (Å²) in [6.45, 7) is 1.84. The van der Waals surface area contributed by atoms with Crippen molar-refractivity contribution in [1.29, 1.82) is 0 Å². The lowest BCUT2D eigenvalue weighted by molar-refractivity contribution is 0.503. The highest BCUT2D eigenvalue weighted by molar-refractivity contribution is 7.89. The van der Waals surface area contributed by atoms with Crippen molar-refractivity contribution in [1.82, 2.24) is 4.72 Å². The van der Waals surface area contributed by atoms with Crippen LogP contribution in [0.4, 0.5) is 8.78 Å². The Morgan fingerprint density at radius 3 is 2.53 bits per heavy atom. The van der Waals surface area contributed by atoms with Gasteiger partial charge in [0.2, 0.25) is 10.0 Å². The summed E-state index contributed by atoms with van der Waals surface area (Å²) in [7, 11) is -3.99. The van der Waals surface area contributed by atoms with Gasteiger partial charge >= 0.3 is 0 Å². The van der Waals surface area contributed by atoms with Crippen LogP contribution in [0.2, 0.25) is 0 Å². The molecule has 19 heavy (non-hydrogen) atoms. The van der Waals surface area contributed by atoms with Crippen molar-refractivity contribution in [2.45, 2.75) is 30.7 Å². The summed E-state index contributed by atoms with van der Waals surface area (Å²) in [6.07, 6.45) is 1.10. The third kappa shape index (κ3) is 4.19. The third-order valence-corrected chi connectivity index (χ3v) is 4.17. The molecule has 0 radical (unpaired) electrons. The molecule has 0 aliphatic heterocycles. The van der Waals surface area contributed by atoms with E-state index in [0.29, 0.717) is 18.9 Å². The van der Waals surface area contributed by atoms with Gasteiger partial charge in [0.05, 0.1) is 15.9 Å². The quantitative estimate of drug-likeness (QED) is 0.785. The van der Waals surface area contributed by atoms with Gasteiger partial charge in [-0.05, 0) is 24.6 Å². The molecule has 0 amide bonds. The Kier molecular flexibility index (Phi) is 5.33. The van der Waals surface area contributed by atoms with Gasteiger partial charge < -0.3 is 5.73 Å². The van der Waals surface area contributed by atoms with Crippen LogP contribution in [0.25, 0.3) is 0 Å². The number of hydrogen-bond donors (Lipinski definition) is 2. The summed E-state index contributed by atoms with van der Waals surface area (Å²) >= 11 is 4.76. The molecule has 0 aliphatic rings. The molecule has 0 fully saturated rings. The first kappa shape index (κ1) is 15.9. The molecule has 3 N–H and O–H groups in total. The van der Waals surface area contributed by atoms with Crippen LogP contribution in [0.3, 0.4) is 0 Å². The van der Waals surface area contributed by atoms with Crippen molar-refractivity contribution < 1.29 is 17.2 Å². The summed E-state index contributed by atoms with van der Waals surface area (Å²) in [5, 5.41) is 0. The average Bonchev–Trinajstić information content (AvgIpc) is 2.31. The van der Waals surface area contributed by atoms with Gasteiger partial charge in [-0.25, -0.2) is 21.9 Å². The number of benzene rings is 1. The van der Waals surface area contributed by atoms with Crippen molar-refractivity contribution >= 4 is 27.2 Å². The Labute approximate surface area is 116 Å². The molecule has 0 spiro atoms. The van der Waals surface area contributed by atoms with Gasteiger partial charge in [-0.2, -0.15) is 0 Å². The lowest BCUT2D eigenvalue weighted by Crippen LogP contribution is -2.43. The maximum atomic E-state index is 13.0. The zero-order valence-electron chi connectivity index (χ0n) is 10.2. The van der Waals surface area contributed by atoms with Crippen LogP contribution in [0, 0.1) is 11.6 Å². The van der Waals surface area contributed by atoms with E-state index in [2.05, 4.69) is 4.72 Å². The van der Waals surface area contributed by atoms with Gasteiger partial charge in [0.25, 0.3) is 0 Å². The summed E-state index contributed by atoms with van der Waals surface area (Å²) < 4.78 is 52.0. The summed E-state index contributed by atoms with van der Waals surface area (Å²) in [5.41, 5.74) is 5.43. The van der Waals surface area contributed by atoms with Crippen LogP contribution in [-0.4, -0.2) is 19.4 Å². The van der Waals surface area contributed by atoms with Gasteiger partial charge in [0.15, 0.2) is 11.6 Å². The molecule has 1 atom stereocenters. The molecule has 1 unspecified atom stereocenters. The molecule has 8 heteroatoms. The van der Waals surface area contributed by atoms with Gasteiger partial charge in [-0.1, -0.05) is 25.6 Å². The molecule has 0 saturated heterocycles. The number of nitrogens with one attached hydrogen (secondary N) is 1. The van der Waals surface area contributed by atoms with E-state index in [0.717, 1.165) is 12.1 Å². The highest BCUT2D eigenvalue weighted by atomic mass is 32.2. The second-order valence-electron chi connectivity index (χ2n) is 3.94. The SMILES string of the molecule is CCCC(NS(=O)(=O)c1ccc(F)c(F)c1)C(N)=S. The maximum Gasteiger partial charge on any atom is 0.241 e. The van der Waals surface area contributed by atoms with E-state index in [-0.39, 0.29) is 9.88 Å². The summed E-state index contributed by atoms with van der Waals surface area (Å²) in [4.78, 5) is -0.364. The van der Waals surface area contributed by atoms with E-state index in [1.54, 1.807) is 0 Å². The molecule has 0 bridgehead atoms. The van der Waals surface area contributed by atoms with Gasteiger partial charge in [-0.15, -0.1) is 0 Å². The lowest BCUT2D eigenvalue weighted by atomic mass is 10.2. The minimum absolute atomic E-state index is 0.00742. The maximum absolute atomic E-state index is 13.0. The van der Waals surface area contributed by atoms with E-state index in [1.165, 1.54) is 0 Å². The largest absolute Gasteiger partial charge is 0.392 e. The van der Waals surface area contributed by atoms with Crippen LogP contribution in [0.1, 0.15) is 19.8 Å². The summed E-state index contributed by atoms with van der Waals surface area (Å²) in [6, 6.07) is 1.63. The Hall–Kier alpha value is -1.12. The van der Waals surface area contributed by atoms with E-state index >= 15 is 0 Å². The molecule has 0 aromatic heterocycles. The van der Waals surface area contributed by atoms with Gasteiger partial charge in [-0.3, -0.25) is 0 Å². The van der Waals surface area contributed by atoms with Crippen LogP contribution in [0.15, 0.2) is 23.1 Å². The first-order valence-corrected chi connectivity index (χ1v) is 7.43. The van der Waals surface area contributed by atoms with E-state index in [1.807, 2.05) is 6.92 Å².